The van der Waals surface area contributed by atoms with Crippen molar-refractivity contribution >= 4 is 22.1 Å². The Morgan fingerprint density at radius 1 is 0.423 bits per heavy atom. The van der Waals surface area contributed by atoms with Gasteiger partial charge in [0, 0.05) is 21.9 Å². The third-order valence-corrected chi connectivity index (χ3v) is 4.47. The van der Waals surface area contributed by atoms with Crippen molar-refractivity contribution < 1.29 is 0 Å². The van der Waals surface area contributed by atoms with Crippen LogP contribution < -0.4 is 0 Å². The molecule has 0 saturated heterocycles. The van der Waals surface area contributed by atoms with E-state index in [4.69, 9.17) is 15.0 Å². The molecule has 2 aromatic carbocycles. The van der Waals surface area contributed by atoms with Gasteiger partial charge in [-0.3, -0.25) is 0 Å². The molecule has 26 heavy (non-hydrogen) atoms. The normalized spacial score (nSPS) is 11.1. The van der Waals surface area contributed by atoms with Crippen LogP contribution in [0.5, 0.6) is 0 Å². The molecule has 0 unspecified atom stereocenters. The summed E-state index contributed by atoms with van der Waals surface area (Å²) in [6.45, 7) is 0. The van der Waals surface area contributed by atoms with Crippen LogP contribution in [0.1, 0.15) is 0 Å². The summed E-state index contributed by atoms with van der Waals surface area (Å²) in [5, 5.41) is 2.04. The number of rotatable bonds is 2. The quantitative estimate of drug-likeness (QED) is 0.400. The third-order valence-electron chi connectivity index (χ3n) is 4.47. The molecule has 0 N–H and O–H groups in total. The molecule has 0 bridgehead atoms. The Bertz CT molecular complexity index is 1120. The minimum atomic E-state index is 0.719. The van der Waals surface area contributed by atoms with Gasteiger partial charge in [0.2, 0.25) is 0 Å². The molecule has 0 amide bonds. The first-order valence-electron chi connectivity index (χ1n) is 8.56. The molecule has 3 nitrogen and oxygen atoms in total. The molecule has 3 heterocycles. The van der Waals surface area contributed by atoms with Crippen molar-refractivity contribution in [3.8, 4) is 22.5 Å². The lowest BCUT2D eigenvalue weighted by atomic mass is 10.1. The second-order valence-corrected chi connectivity index (χ2v) is 6.21. The van der Waals surface area contributed by atoms with E-state index < -0.39 is 0 Å². The summed E-state index contributed by atoms with van der Waals surface area (Å²) in [4.78, 5) is 14.2. The molecule has 0 radical (unpaired) electrons. The van der Waals surface area contributed by atoms with Gasteiger partial charge in [-0.05, 0) is 30.3 Å². The Hall–Kier alpha value is -3.59. The number of pyridine rings is 3. The molecular weight excluding hydrogens is 318 g/mol. The molecule has 0 aliphatic rings. The van der Waals surface area contributed by atoms with Crippen molar-refractivity contribution in [2.75, 3.05) is 0 Å². The number of fused-ring (bicyclic) bond motifs is 2. The average molecular weight is 333 g/mol. The molecule has 0 aliphatic heterocycles. The molecule has 3 aromatic heterocycles. The van der Waals surface area contributed by atoms with Crippen LogP contribution in [0.25, 0.3) is 44.6 Å². The van der Waals surface area contributed by atoms with Crippen LogP contribution in [-0.2, 0) is 0 Å². The Morgan fingerprint density at radius 2 is 0.885 bits per heavy atom. The first-order valence-corrected chi connectivity index (χ1v) is 8.56. The minimum Gasteiger partial charge on any atom is -0.228 e. The Kier molecular flexibility index (Phi) is 3.42. The lowest BCUT2D eigenvalue weighted by Gasteiger charge is -2.06. The fourth-order valence-electron chi connectivity index (χ4n) is 3.13. The number of hydrogen-bond acceptors (Lipinski definition) is 3. The standard InChI is InChI=1S/C23H15N3/c1-3-7-16(8-4-1)20-13-11-18-15-19-12-14-21(17-9-5-2-6-10-17)25-23(19)26-22(18)24-20/h1-15H. The summed E-state index contributed by atoms with van der Waals surface area (Å²) in [5.41, 5.74) is 5.45. The zero-order chi connectivity index (χ0) is 17.3. The van der Waals surface area contributed by atoms with Crippen LogP contribution in [0, 0.1) is 0 Å². The predicted molar refractivity (Wildman–Crippen MR) is 106 cm³/mol. The van der Waals surface area contributed by atoms with Crippen molar-refractivity contribution in [3.05, 3.63) is 91.0 Å². The van der Waals surface area contributed by atoms with Crippen molar-refractivity contribution in [1.29, 1.82) is 0 Å². The molecular formula is C23H15N3. The van der Waals surface area contributed by atoms with Gasteiger partial charge in [0.15, 0.2) is 11.3 Å². The first-order chi connectivity index (χ1) is 12.9. The van der Waals surface area contributed by atoms with Gasteiger partial charge in [-0.2, -0.15) is 0 Å². The maximum absolute atomic E-state index is 4.75. The van der Waals surface area contributed by atoms with Gasteiger partial charge in [0.25, 0.3) is 0 Å². The molecule has 5 rings (SSSR count). The second kappa shape index (κ2) is 6.05. The van der Waals surface area contributed by atoms with Crippen LogP contribution in [0.15, 0.2) is 91.0 Å². The van der Waals surface area contributed by atoms with Crippen molar-refractivity contribution in [1.82, 2.24) is 15.0 Å². The van der Waals surface area contributed by atoms with Crippen LogP contribution in [0.2, 0.25) is 0 Å². The number of benzene rings is 2. The monoisotopic (exact) mass is 333 g/mol. The van der Waals surface area contributed by atoms with E-state index in [1.165, 1.54) is 0 Å². The van der Waals surface area contributed by atoms with E-state index in [1.807, 2.05) is 48.5 Å². The topological polar surface area (TPSA) is 38.7 Å². The van der Waals surface area contributed by atoms with Gasteiger partial charge < -0.3 is 0 Å². The average Bonchev–Trinajstić information content (AvgIpc) is 2.73. The Balaban J connectivity index is 1.67. The lowest BCUT2D eigenvalue weighted by Crippen LogP contribution is -1.92. The predicted octanol–water partition coefficient (Wildman–Crippen LogP) is 5.51. The molecule has 3 heteroatoms. The van der Waals surface area contributed by atoms with E-state index in [2.05, 4.69) is 42.5 Å². The van der Waals surface area contributed by atoms with Crippen LogP contribution in [0.4, 0.5) is 0 Å². The van der Waals surface area contributed by atoms with Gasteiger partial charge in [-0.15, -0.1) is 0 Å². The largest absolute Gasteiger partial charge is 0.228 e. The lowest BCUT2D eigenvalue weighted by molar-refractivity contribution is 1.27. The molecule has 0 spiro atoms. The number of nitrogens with zero attached hydrogens (tertiary/aromatic N) is 3. The Labute approximate surface area is 151 Å². The maximum atomic E-state index is 4.75. The van der Waals surface area contributed by atoms with Gasteiger partial charge in [-0.1, -0.05) is 60.7 Å². The summed E-state index contributed by atoms with van der Waals surface area (Å²) in [5.74, 6) is 0. The van der Waals surface area contributed by atoms with E-state index >= 15 is 0 Å². The molecule has 0 fully saturated rings. The third kappa shape index (κ3) is 2.60. The highest BCUT2D eigenvalue weighted by atomic mass is 14.9. The minimum absolute atomic E-state index is 0.719. The highest BCUT2D eigenvalue weighted by Gasteiger charge is 2.07. The van der Waals surface area contributed by atoms with E-state index in [-0.39, 0.29) is 0 Å². The van der Waals surface area contributed by atoms with Gasteiger partial charge in [0.05, 0.1) is 11.4 Å². The van der Waals surface area contributed by atoms with Crippen LogP contribution >= 0.6 is 0 Å². The first kappa shape index (κ1) is 14.7. The fraction of sp³-hybridized carbons (Fsp3) is 0. The van der Waals surface area contributed by atoms with E-state index in [9.17, 15) is 0 Å². The SMILES string of the molecule is c1ccc(-c2ccc3cc4ccc(-c5ccccc5)nc4nc3n2)cc1. The molecule has 0 atom stereocenters. The summed E-state index contributed by atoms with van der Waals surface area (Å²) < 4.78 is 0. The highest BCUT2D eigenvalue weighted by molar-refractivity contribution is 5.91. The summed E-state index contributed by atoms with van der Waals surface area (Å²) in [6, 6.07) is 30.6. The van der Waals surface area contributed by atoms with Crippen molar-refractivity contribution in [3.63, 3.8) is 0 Å². The molecule has 0 saturated carbocycles. The van der Waals surface area contributed by atoms with Crippen molar-refractivity contribution in [2.45, 2.75) is 0 Å². The van der Waals surface area contributed by atoms with E-state index in [0.717, 1.165) is 44.6 Å². The second-order valence-electron chi connectivity index (χ2n) is 6.21. The summed E-state index contributed by atoms with van der Waals surface area (Å²) in [7, 11) is 0. The molecule has 5 aromatic rings. The highest BCUT2D eigenvalue weighted by Crippen LogP contribution is 2.24. The van der Waals surface area contributed by atoms with E-state index in [1.54, 1.807) is 0 Å². The molecule has 0 aliphatic carbocycles. The number of aromatic nitrogens is 3. The Morgan fingerprint density at radius 3 is 1.35 bits per heavy atom. The van der Waals surface area contributed by atoms with Gasteiger partial charge >= 0.3 is 0 Å². The molecule has 122 valence electrons. The fourth-order valence-corrected chi connectivity index (χ4v) is 3.13. The smallest absolute Gasteiger partial charge is 0.162 e. The zero-order valence-corrected chi connectivity index (χ0v) is 14.0. The van der Waals surface area contributed by atoms with Gasteiger partial charge in [-0.25, -0.2) is 15.0 Å². The summed E-state index contributed by atoms with van der Waals surface area (Å²) >= 11 is 0. The zero-order valence-electron chi connectivity index (χ0n) is 14.0. The van der Waals surface area contributed by atoms with Crippen molar-refractivity contribution in [2.24, 2.45) is 0 Å². The number of hydrogen-bond donors (Lipinski definition) is 0. The van der Waals surface area contributed by atoms with Crippen LogP contribution in [-0.4, -0.2) is 15.0 Å². The maximum Gasteiger partial charge on any atom is 0.162 e. The summed E-state index contributed by atoms with van der Waals surface area (Å²) in [6.07, 6.45) is 0. The van der Waals surface area contributed by atoms with Gasteiger partial charge in [0.1, 0.15) is 0 Å². The van der Waals surface area contributed by atoms with Crippen LogP contribution in [0.3, 0.4) is 0 Å². The van der Waals surface area contributed by atoms with E-state index in [0.29, 0.717) is 0 Å².